The van der Waals surface area contributed by atoms with Gasteiger partial charge in [0.15, 0.2) is 0 Å². The van der Waals surface area contributed by atoms with Crippen molar-refractivity contribution >= 4 is 5.97 Å². The van der Waals surface area contributed by atoms with E-state index in [-0.39, 0.29) is 6.04 Å². The Hall–Kier alpha value is -0.830. The summed E-state index contributed by atoms with van der Waals surface area (Å²) in [6.07, 6.45) is 0.685. The first-order chi connectivity index (χ1) is 5.11. The second-order valence-electron chi connectivity index (χ2n) is 3.08. The molecule has 1 rings (SSSR count). The third-order valence-corrected chi connectivity index (χ3v) is 2.13. The van der Waals surface area contributed by atoms with Crippen LogP contribution in [0.4, 0.5) is 0 Å². The quantitative estimate of drug-likeness (QED) is 0.575. The number of aliphatic carboxylic acids is 1. The Kier molecular flexibility index (Phi) is 2.29. The summed E-state index contributed by atoms with van der Waals surface area (Å²) in [4.78, 5) is 10.5. The van der Waals surface area contributed by atoms with Crippen LogP contribution >= 0.6 is 0 Å². The van der Waals surface area contributed by atoms with E-state index >= 15 is 0 Å². The first kappa shape index (κ1) is 8.27. The number of carbonyl (C=O) groups is 1. The molecule has 2 N–H and O–H groups in total. The van der Waals surface area contributed by atoms with Crippen LogP contribution < -0.4 is 5.32 Å². The summed E-state index contributed by atoms with van der Waals surface area (Å²) in [6.45, 7) is 6.50. The van der Waals surface area contributed by atoms with Gasteiger partial charge in [-0.05, 0) is 19.3 Å². The normalized spacial score (nSPS) is 30.3. The fourth-order valence-corrected chi connectivity index (χ4v) is 1.30. The fourth-order valence-electron chi connectivity index (χ4n) is 1.30. The standard InChI is InChI=1S/C8H13NO2/c1-5(2)6-3-7(8(10)11)9-4-6/h6-7,9H,1,3-4H2,2H3,(H,10,11)/t6-,7+/m1/s1. The smallest absolute Gasteiger partial charge is 0.320 e. The predicted octanol–water partition coefficient (Wildman–Crippen LogP) is 0.625. The lowest BCUT2D eigenvalue weighted by atomic mass is 9.99. The molecule has 0 aromatic rings. The van der Waals surface area contributed by atoms with Gasteiger partial charge < -0.3 is 10.4 Å². The highest BCUT2D eigenvalue weighted by Crippen LogP contribution is 2.20. The van der Waals surface area contributed by atoms with E-state index in [1.807, 2.05) is 6.92 Å². The Labute approximate surface area is 66.1 Å². The summed E-state index contributed by atoms with van der Waals surface area (Å²) in [5.41, 5.74) is 1.07. The molecule has 0 radical (unpaired) electrons. The molecule has 0 aliphatic carbocycles. The second kappa shape index (κ2) is 3.05. The van der Waals surface area contributed by atoms with Crippen LogP contribution in [0.3, 0.4) is 0 Å². The van der Waals surface area contributed by atoms with Gasteiger partial charge in [-0.1, -0.05) is 12.2 Å². The van der Waals surface area contributed by atoms with Crippen molar-refractivity contribution in [2.45, 2.75) is 19.4 Å². The zero-order valence-electron chi connectivity index (χ0n) is 6.63. The maximum absolute atomic E-state index is 10.5. The number of carboxylic acid groups (broad SMARTS) is 1. The van der Waals surface area contributed by atoms with Gasteiger partial charge >= 0.3 is 5.97 Å². The van der Waals surface area contributed by atoms with Crippen molar-refractivity contribution in [3.8, 4) is 0 Å². The van der Waals surface area contributed by atoms with Crippen molar-refractivity contribution in [1.29, 1.82) is 0 Å². The van der Waals surface area contributed by atoms with Crippen molar-refractivity contribution in [1.82, 2.24) is 5.32 Å². The van der Waals surface area contributed by atoms with E-state index in [9.17, 15) is 4.79 Å². The van der Waals surface area contributed by atoms with E-state index in [1.54, 1.807) is 0 Å². The second-order valence-corrected chi connectivity index (χ2v) is 3.08. The van der Waals surface area contributed by atoms with Gasteiger partial charge in [-0.25, -0.2) is 0 Å². The fraction of sp³-hybridized carbons (Fsp3) is 0.625. The summed E-state index contributed by atoms with van der Waals surface area (Å²) in [5, 5.41) is 11.5. The zero-order chi connectivity index (χ0) is 8.43. The molecule has 0 aromatic heterocycles. The molecule has 1 aliphatic heterocycles. The Morgan fingerprint density at radius 3 is 2.64 bits per heavy atom. The van der Waals surface area contributed by atoms with E-state index in [4.69, 9.17) is 5.11 Å². The summed E-state index contributed by atoms with van der Waals surface area (Å²) in [5.74, 6) is -0.412. The molecule has 11 heavy (non-hydrogen) atoms. The number of carboxylic acids is 1. The molecule has 1 fully saturated rings. The Morgan fingerprint density at radius 2 is 2.36 bits per heavy atom. The van der Waals surface area contributed by atoms with E-state index in [2.05, 4.69) is 11.9 Å². The lowest BCUT2D eigenvalue weighted by Gasteiger charge is -2.05. The van der Waals surface area contributed by atoms with Gasteiger partial charge in [-0.2, -0.15) is 0 Å². The maximum Gasteiger partial charge on any atom is 0.320 e. The zero-order valence-corrected chi connectivity index (χ0v) is 6.63. The third kappa shape index (κ3) is 1.80. The lowest BCUT2D eigenvalue weighted by Crippen LogP contribution is -2.29. The molecule has 0 bridgehead atoms. The molecule has 62 valence electrons. The highest BCUT2D eigenvalue weighted by atomic mass is 16.4. The maximum atomic E-state index is 10.5. The summed E-state index contributed by atoms with van der Waals surface area (Å²) < 4.78 is 0. The van der Waals surface area contributed by atoms with Crippen molar-refractivity contribution in [3.63, 3.8) is 0 Å². The molecule has 0 amide bonds. The van der Waals surface area contributed by atoms with E-state index in [1.165, 1.54) is 0 Å². The van der Waals surface area contributed by atoms with Gasteiger partial charge in [0.25, 0.3) is 0 Å². The molecule has 3 heteroatoms. The molecule has 3 nitrogen and oxygen atoms in total. The lowest BCUT2D eigenvalue weighted by molar-refractivity contribution is -0.139. The van der Waals surface area contributed by atoms with Gasteiger partial charge in [0, 0.05) is 6.54 Å². The minimum absolute atomic E-state index is 0.344. The highest BCUT2D eigenvalue weighted by molar-refractivity contribution is 5.73. The summed E-state index contributed by atoms with van der Waals surface area (Å²) >= 11 is 0. The first-order valence-corrected chi connectivity index (χ1v) is 3.73. The van der Waals surface area contributed by atoms with Crippen LogP contribution in [0.2, 0.25) is 0 Å². The van der Waals surface area contributed by atoms with Gasteiger partial charge in [-0.3, -0.25) is 4.79 Å². The Balaban J connectivity index is 2.47. The molecule has 0 aromatic carbocycles. The molecule has 0 saturated carbocycles. The minimum Gasteiger partial charge on any atom is -0.480 e. The summed E-state index contributed by atoms with van der Waals surface area (Å²) in [7, 11) is 0. The summed E-state index contributed by atoms with van der Waals surface area (Å²) in [6, 6.07) is -0.364. The SMILES string of the molecule is C=C(C)[C@H]1CN[C@H](C(=O)O)C1. The molecular formula is C8H13NO2. The molecule has 2 atom stereocenters. The number of rotatable bonds is 2. The largest absolute Gasteiger partial charge is 0.480 e. The van der Waals surface area contributed by atoms with Crippen molar-refractivity contribution in [2.24, 2.45) is 5.92 Å². The van der Waals surface area contributed by atoms with Gasteiger partial charge in [-0.15, -0.1) is 0 Å². The van der Waals surface area contributed by atoms with Crippen molar-refractivity contribution in [3.05, 3.63) is 12.2 Å². The first-order valence-electron chi connectivity index (χ1n) is 3.73. The van der Waals surface area contributed by atoms with Crippen LogP contribution in [0.25, 0.3) is 0 Å². The van der Waals surface area contributed by atoms with Gasteiger partial charge in [0.05, 0.1) is 0 Å². The monoisotopic (exact) mass is 155 g/mol. The van der Waals surface area contributed by atoms with E-state index in [0.29, 0.717) is 12.3 Å². The van der Waals surface area contributed by atoms with Gasteiger partial charge in [0.2, 0.25) is 0 Å². The molecule has 0 spiro atoms. The van der Waals surface area contributed by atoms with Crippen LogP contribution in [0.5, 0.6) is 0 Å². The minimum atomic E-state index is -0.756. The molecule has 1 heterocycles. The average Bonchev–Trinajstić information content (AvgIpc) is 2.33. The van der Waals surface area contributed by atoms with Crippen LogP contribution in [0, 0.1) is 5.92 Å². The molecule has 0 unspecified atom stereocenters. The Bertz CT molecular complexity index is 169. The predicted molar refractivity (Wildman–Crippen MR) is 42.3 cm³/mol. The molecular weight excluding hydrogens is 142 g/mol. The van der Waals surface area contributed by atoms with Crippen LogP contribution in [-0.4, -0.2) is 23.7 Å². The number of hydrogen-bond donors (Lipinski definition) is 2. The molecule has 1 saturated heterocycles. The molecule has 1 aliphatic rings. The highest BCUT2D eigenvalue weighted by Gasteiger charge is 2.28. The van der Waals surface area contributed by atoms with Crippen molar-refractivity contribution < 1.29 is 9.90 Å². The van der Waals surface area contributed by atoms with E-state index in [0.717, 1.165) is 12.1 Å². The topological polar surface area (TPSA) is 49.3 Å². The average molecular weight is 155 g/mol. The van der Waals surface area contributed by atoms with Crippen LogP contribution in [0.1, 0.15) is 13.3 Å². The number of hydrogen-bond acceptors (Lipinski definition) is 2. The third-order valence-electron chi connectivity index (χ3n) is 2.13. The van der Waals surface area contributed by atoms with Crippen molar-refractivity contribution in [2.75, 3.05) is 6.54 Å². The van der Waals surface area contributed by atoms with Crippen LogP contribution in [0.15, 0.2) is 12.2 Å². The number of nitrogens with one attached hydrogen (secondary N) is 1. The van der Waals surface area contributed by atoms with Crippen LogP contribution in [-0.2, 0) is 4.79 Å². The van der Waals surface area contributed by atoms with Gasteiger partial charge in [0.1, 0.15) is 6.04 Å². The van der Waals surface area contributed by atoms with E-state index < -0.39 is 5.97 Å². The Morgan fingerprint density at radius 1 is 1.73 bits per heavy atom.